The van der Waals surface area contributed by atoms with E-state index in [1.807, 2.05) is 37.3 Å². The number of carbonyl (C=O) groups excluding carboxylic acids is 1. The number of pyridine rings is 1. The number of aldehydes is 1. The lowest BCUT2D eigenvalue weighted by Gasteiger charge is -2.08. The van der Waals surface area contributed by atoms with Crippen LogP contribution >= 0.6 is 0 Å². The van der Waals surface area contributed by atoms with Crippen LogP contribution in [0.25, 0.3) is 16.9 Å². The molecule has 5 nitrogen and oxygen atoms in total. The van der Waals surface area contributed by atoms with Gasteiger partial charge >= 0.3 is 0 Å². The molecule has 2 heterocycles. The number of ether oxygens (including phenoxy) is 1. The highest BCUT2D eigenvalue weighted by molar-refractivity contribution is 5.76. The van der Waals surface area contributed by atoms with Crippen LogP contribution in [0.15, 0.2) is 48.7 Å². The van der Waals surface area contributed by atoms with E-state index >= 15 is 0 Å². The van der Waals surface area contributed by atoms with Gasteiger partial charge in [0, 0.05) is 11.6 Å². The van der Waals surface area contributed by atoms with Gasteiger partial charge in [0.25, 0.3) is 0 Å². The van der Waals surface area contributed by atoms with Gasteiger partial charge in [0.05, 0.1) is 24.7 Å². The molecule has 0 radical (unpaired) electrons. The average Bonchev–Trinajstić information content (AvgIpc) is 3.00. The normalized spacial score (nSPS) is 10.5. The number of aromatic nitrogens is 3. The quantitative estimate of drug-likeness (QED) is 0.694. The molecule has 0 aliphatic carbocycles. The highest BCUT2D eigenvalue weighted by atomic mass is 16.5. The van der Waals surface area contributed by atoms with E-state index < -0.39 is 0 Å². The van der Waals surface area contributed by atoms with Crippen LogP contribution in [0.2, 0.25) is 0 Å². The average molecular weight is 293 g/mol. The number of methoxy groups -OCH3 is 1. The van der Waals surface area contributed by atoms with Crippen molar-refractivity contribution >= 4 is 6.29 Å². The maximum atomic E-state index is 11.1. The summed E-state index contributed by atoms with van der Waals surface area (Å²) in [6, 6.07) is 13.4. The monoisotopic (exact) mass is 293 g/mol. The van der Waals surface area contributed by atoms with E-state index in [2.05, 4.69) is 10.1 Å². The van der Waals surface area contributed by atoms with Crippen LogP contribution in [0, 0.1) is 6.92 Å². The first-order chi connectivity index (χ1) is 10.7. The number of carbonyl (C=O) groups is 1. The maximum Gasteiger partial charge on any atom is 0.213 e. The van der Waals surface area contributed by atoms with Crippen molar-refractivity contribution in [2.24, 2.45) is 0 Å². The predicted octanol–water partition coefficient (Wildman–Crippen LogP) is 3.06. The van der Waals surface area contributed by atoms with Crippen LogP contribution in [0.1, 0.15) is 16.1 Å². The molecule has 0 bridgehead atoms. The molecule has 22 heavy (non-hydrogen) atoms. The number of benzene rings is 1. The Bertz CT molecular complexity index is 790. The SMILES string of the molecule is COc1ccc(-n2nc(C=O)cc2-c2ccc(C)cc2)cn1. The zero-order valence-corrected chi connectivity index (χ0v) is 12.4. The largest absolute Gasteiger partial charge is 0.481 e. The van der Waals surface area contributed by atoms with E-state index in [0.29, 0.717) is 11.6 Å². The number of rotatable bonds is 4. The molecule has 0 amide bonds. The van der Waals surface area contributed by atoms with Crippen molar-refractivity contribution in [3.05, 3.63) is 59.9 Å². The molecule has 0 aliphatic rings. The topological polar surface area (TPSA) is 57.0 Å². The molecule has 0 saturated heterocycles. The minimum Gasteiger partial charge on any atom is -0.481 e. The molecule has 0 saturated carbocycles. The molecule has 0 aliphatic heterocycles. The van der Waals surface area contributed by atoms with E-state index in [-0.39, 0.29) is 0 Å². The first-order valence-electron chi connectivity index (χ1n) is 6.84. The van der Waals surface area contributed by atoms with Crippen molar-refractivity contribution in [2.75, 3.05) is 7.11 Å². The molecule has 3 aromatic rings. The Morgan fingerprint density at radius 2 is 1.91 bits per heavy atom. The van der Waals surface area contributed by atoms with Crippen LogP contribution < -0.4 is 4.74 Å². The summed E-state index contributed by atoms with van der Waals surface area (Å²) in [5.41, 5.74) is 4.16. The van der Waals surface area contributed by atoms with Crippen molar-refractivity contribution < 1.29 is 9.53 Å². The molecule has 2 aromatic heterocycles. The van der Waals surface area contributed by atoms with Crippen LogP contribution in [-0.2, 0) is 0 Å². The third-order valence-corrected chi connectivity index (χ3v) is 3.37. The number of hydrogen-bond acceptors (Lipinski definition) is 4. The van der Waals surface area contributed by atoms with Crippen molar-refractivity contribution in [3.8, 4) is 22.8 Å². The minimum atomic E-state index is 0.381. The Kier molecular flexibility index (Phi) is 3.70. The van der Waals surface area contributed by atoms with E-state index in [4.69, 9.17) is 4.74 Å². The number of nitrogens with zero attached hydrogens (tertiary/aromatic N) is 3. The molecule has 0 unspecified atom stereocenters. The van der Waals surface area contributed by atoms with Crippen LogP contribution in [0.3, 0.4) is 0 Å². The second-order valence-corrected chi connectivity index (χ2v) is 4.91. The Morgan fingerprint density at radius 3 is 2.50 bits per heavy atom. The Morgan fingerprint density at radius 1 is 1.14 bits per heavy atom. The van der Waals surface area contributed by atoms with Gasteiger partial charge in [-0.15, -0.1) is 0 Å². The van der Waals surface area contributed by atoms with Gasteiger partial charge in [-0.1, -0.05) is 29.8 Å². The second-order valence-electron chi connectivity index (χ2n) is 4.91. The third kappa shape index (κ3) is 2.61. The molecule has 110 valence electrons. The zero-order valence-electron chi connectivity index (χ0n) is 12.4. The van der Waals surface area contributed by atoms with Crippen molar-refractivity contribution in [1.82, 2.24) is 14.8 Å². The third-order valence-electron chi connectivity index (χ3n) is 3.37. The fourth-order valence-electron chi connectivity index (χ4n) is 2.20. The number of hydrogen-bond donors (Lipinski definition) is 0. The molecule has 5 heteroatoms. The van der Waals surface area contributed by atoms with E-state index in [1.54, 1.807) is 30.1 Å². The first-order valence-corrected chi connectivity index (χ1v) is 6.84. The molecule has 0 N–H and O–H groups in total. The van der Waals surface area contributed by atoms with Crippen LogP contribution in [-0.4, -0.2) is 28.2 Å². The molecular formula is C17H15N3O2. The molecule has 0 fully saturated rings. The van der Waals surface area contributed by atoms with Gasteiger partial charge in [0.15, 0.2) is 6.29 Å². The molecule has 0 spiro atoms. The van der Waals surface area contributed by atoms with Crippen molar-refractivity contribution in [1.29, 1.82) is 0 Å². The van der Waals surface area contributed by atoms with Gasteiger partial charge in [0.1, 0.15) is 5.69 Å². The Balaban J connectivity index is 2.11. The van der Waals surface area contributed by atoms with Gasteiger partial charge in [-0.25, -0.2) is 9.67 Å². The summed E-state index contributed by atoms with van der Waals surface area (Å²) in [7, 11) is 1.57. The summed E-state index contributed by atoms with van der Waals surface area (Å²) < 4.78 is 6.77. The lowest BCUT2D eigenvalue weighted by molar-refractivity contribution is 0.111. The Labute approximate surface area is 128 Å². The summed E-state index contributed by atoms with van der Waals surface area (Å²) in [5, 5.41) is 4.32. The van der Waals surface area contributed by atoms with Gasteiger partial charge in [-0.05, 0) is 19.1 Å². The summed E-state index contributed by atoms with van der Waals surface area (Å²) >= 11 is 0. The van der Waals surface area contributed by atoms with Gasteiger partial charge in [0.2, 0.25) is 5.88 Å². The smallest absolute Gasteiger partial charge is 0.213 e. The summed E-state index contributed by atoms with van der Waals surface area (Å²) in [5.74, 6) is 0.531. The van der Waals surface area contributed by atoms with Gasteiger partial charge < -0.3 is 4.74 Å². The fourth-order valence-corrected chi connectivity index (χ4v) is 2.20. The second kappa shape index (κ2) is 5.81. The summed E-state index contributed by atoms with van der Waals surface area (Å²) in [4.78, 5) is 15.3. The molecular weight excluding hydrogens is 278 g/mol. The zero-order chi connectivity index (χ0) is 15.5. The van der Waals surface area contributed by atoms with Gasteiger partial charge in [-0.2, -0.15) is 5.10 Å². The predicted molar refractivity (Wildman–Crippen MR) is 83.5 cm³/mol. The first kappa shape index (κ1) is 14.0. The van der Waals surface area contributed by atoms with Crippen molar-refractivity contribution in [3.63, 3.8) is 0 Å². The minimum absolute atomic E-state index is 0.381. The number of aryl methyl sites for hydroxylation is 1. The Hall–Kier alpha value is -2.95. The standard InChI is InChI=1S/C17H15N3O2/c1-12-3-5-13(6-4-12)16-9-14(11-21)19-20(16)15-7-8-17(22-2)18-10-15/h3-11H,1-2H3. The highest BCUT2D eigenvalue weighted by Gasteiger charge is 2.11. The van der Waals surface area contributed by atoms with Crippen LogP contribution in [0.5, 0.6) is 5.88 Å². The van der Waals surface area contributed by atoms with Gasteiger partial charge in [-0.3, -0.25) is 4.79 Å². The molecule has 1 aromatic carbocycles. The molecule has 0 atom stereocenters. The van der Waals surface area contributed by atoms with Crippen molar-refractivity contribution in [2.45, 2.75) is 6.92 Å². The fraction of sp³-hybridized carbons (Fsp3) is 0.118. The van der Waals surface area contributed by atoms with E-state index in [0.717, 1.165) is 23.2 Å². The molecule has 3 rings (SSSR count). The van der Waals surface area contributed by atoms with E-state index in [9.17, 15) is 4.79 Å². The lowest BCUT2D eigenvalue weighted by Crippen LogP contribution is -2.01. The summed E-state index contributed by atoms with van der Waals surface area (Å²) in [6.07, 6.45) is 2.41. The summed E-state index contributed by atoms with van der Waals surface area (Å²) in [6.45, 7) is 2.03. The van der Waals surface area contributed by atoms with E-state index in [1.165, 1.54) is 5.56 Å². The highest BCUT2D eigenvalue weighted by Crippen LogP contribution is 2.24. The maximum absolute atomic E-state index is 11.1. The lowest BCUT2D eigenvalue weighted by atomic mass is 10.1. The van der Waals surface area contributed by atoms with Crippen LogP contribution in [0.4, 0.5) is 0 Å².